The van der Waals surface area contributed by atoms with Crippen LogP contribution in [-0.2, 0) is 19.6 Å². The number of nitrogens with zero attached hydrogens (tertiary/aromatic N) is 3. The molecule has 176 valence electrons. The van der Waals surface area contributed by atoms with E-state index in [2.05, 4.69) is 4.99 Å². The monoisotopic (exact) mass is 480 g/mol. The molecule has 0 aliphatic carbocycles. The third kappa shape index (κ3) is 4.63. The van der Waals surface area contributed by atoms with Gasteiger partial charge in [-0.25, -0.2) is 8.42 Å². The molecule has 0 spiro atoms. The Morgan fingerprint density at radius 3 is 2.35 bits per heavy atom. The molecule has 1 aliphatic rings. The van der Waals surface area contributed by atoms with Crippen molar-refractivity contribution in [1.29, 1.82) is 0 Å². The lowest BCUT2D eigenvalue weighted by molar-refractivity contribution is -0.120. The summed E-state index contributed by atoms with van der Waals surface area (Å²) in [6, 6.07) is 17.0. The molecule has 1 aliphatic heterocycles. The first-order chi connectivity index (χ1) is 16.2. The lowest BCUT2D eigenvalue weighted by Crippen LogP contribution is -2.52. The molecule has 0 radical (unpaired) electrons. The van der Waals surface area contributed by atoms with Crippen molar-refractivity contribution in [2.24, 2.45) is 10.7 Å². The standard InChI is InChI=1S/C24H24N4O5S/c1-16(29)26-24(25)18-3-7-20(8-4-18)28-12-11-27(15-23(28)30)34(31,32)22-10-6-17-5-9-21(33-2)13-19(17)14-22/h3-10,13-14H,11-12,15H2,1-2H3,(H2,25,26,29). The predicted octanol–water partition coefficient (Wildman–Crippen LogP) is 2.14. The van der Waals surface area contributed by atoms with Gasteiger partial charge >= 0.3 is 0 Å². The Hall–Kier alpha value is -3.76. The maximum absolute atomic E-state index is 13.3. The van der Waals surface area contributed by atoms with Crippen LogP contribution in [0.5, 0.6) is 5.75 Å². The van der Waals surface area contributed by atoms with Crippen molar-refractivity contribution >= 4 is 44.1 Å². The normalized spacial score (nSPS) is 15.5. The summed E-state index contributed by atoms with van der Waals surface area (Å²) in [4.78, 5) is 29.3. The van der Waals surface area contributed by atoms with E-state index in [-0.39, 0.29) is 36.3 Å². The van der Waals surface area contributed by atoms with Gasteiger partial charge in [0.2, 0.25) is 21.8 Å². The molecule has 1 saturated heterocycles. The summed E-state index contributed by atoms with van der Waals surface area (Å²) < 4.78 is 32.9. The number of carbonyl (C=O) groups excluding carboxylic acids is 2. The minimum atomic E-state index is -3.86. The first kappa shape index (κ1) is 23.4. The number of sulfonamides is 1. The third-order valence-electron chi connectivity index (χ3n) is 5.59. The molecule has 0 saturated carbocycles. The quantitative estimate of drug-likeness (QED) is 0.441. The molecule has 0 bridgehead atoms. The molecule has 9 nitrogen and oxygen atoms in total. The van der Waals surface area contributed by atoms with Crippen LogP contribution >= 0.6 is 0 Å². The van der Waals surface area contributed by atoms with Crippen molar-refractivity contribution in [3.05, 3.63) is 66.2 Å². The molecule has 1 heterocycles. The summed E-state index contributed by atoms with van der Waals surface area (Å²) >= 11 is 0. The molecule has 3 aromatic carbocycles. The van der Waals surface area contributed by atoms with Crippen LogP contribution in [0.25, 0.3) is 10.8 Å². The van der Waals surface area contributed by atoms with Gasteiger partial charge in [0.25, 0.3) is 0 Å². The summed E-state index contributed by atoms with van der Waals surface area (Å²) in [5.41, 5.74) is 6.96. The van der Waals surface area contributed by atoms with Crippen LogP contribution in [0.1, 0.15) is 12.5 Å². The van der Waals surface area contributed by atoms with Gasteiger partial charge in [-0.15, -0.1) is 0 Å². The van der Waals surface area contributed by atoms with Crippen LogP contribution in [0.15, 0.2) is 70.6 Å². The van der Waals surface area contributed by atoms with Crippen molar-refractivity contribution in [3.8, 4) is 5.75 Å². The lowest BCUT2D eigenvalue weighted by Gasteiger charge is -2.33. The summed E-state index contributed by atoms with van der Waals surface area (Å²) in [6.07, 6.45) is 0. The van der Waals surface area contributed by atoms with Crippen molar-refractivity contribution < 1.29 is 22.7 Å². The lowest BCUT2D eigenvalue weighted by atomic mass is 10.1. The van der Waals surface area contributed by atoms with Gasteiger partial charge in [0.15, 0.2) is 0 Å². The van der Waals surface area contributed by atoms with Crippen molar-refractivity contribution in [2.75, 3.05) is 31.6 Å². The second kappa shape index (κ2) is 9.24. The highest BCUT2D eigenvalue weighted by Gasteiger charge is 2.33. The minimum absolute atomic E-state index is 0.0919. The largest absolute Gasteiger partial charge is 0.497 e. The van der Waals surface area contributed by atoms with E-state index in [0.717, 1.165) is 10.8 Å². The number of hydrogen-bond donors (Lipinski definition) is 1. The first-order valence-electron chi connectivity index (χ1n) is 10.5. The van der Waals surface area contributed by atoms with E-state index in [1.807, 2.05) is 12.1 Å². The number of piperazine rings is 1. The smallest absolute Gasteiger partial charge is 0.244 e. The Bertz CT molecular complexity index is 1400. The fraction of sp³-hybridized carbons (Fsp3) is 0.208. The average Bonchev–Trinajstić information content (AvgIpc) is 2.83. The number of fused-ring (bicyclic) bond motifs is 1. The van der Waals surface area contributed by atoms with Crippen LogP contribution < -0.4 is 15.4 Å². The summed E-state index contributed by atoms with van der Waals surface area (Å²) in [5.74, 6) is -0.0180. The number of carbonyl (C=O) groups is 2. The van der Waals surface area contributed by atoms with Gasteiger partial charge in [-0.05, 0) is 59.3 Å². The molecule has 3 aromatic rings. The van der Waals surface area contributed by atoms with E-state index < -0.39 is 15.9 Å². The van der Waals surface area contributed by atoms with Crippen LogP contribution in [-0.4, -0.2) is 57.1 Å². The molecule has 4 rings (SSSR count). The van der Waals surface area contributed by atoms with Gasteiger partial charge in [-0.3, -0.25) is 9.59 Å². The zero-order valence-corrected chi connectivity index (χ0v) is 19.6. The second-order valence-electron chi connectivity index (χ2n) is 7.82. The van der Waals surface area contributed by atoms with Crippen molar-refractivity contribution in [3.63, 3.8) is 0 Å². The fourth-order valence-corrected chi connectivity index (χ4v) is 5.23. The highest BCUT2D eigenvalue weighted by Crippen LogP contribution is 2.27. The Morgan fingerprint density at radius 1 is 1.00 bits per heavy atom. The van der Waals surface area contributed by atoms with Crippen LogP contribution in [0, 0.1) is 0 Å². The Kier molecular flexibility index (Phi) is 6.36. The number of aliphatic imine (C=N–C) groups is 1. The SMILES string of the molecule is COc1ccc2ccc(S(=O)(=O)N3CCN(c4ccc(C(N)=NC(C)=O)cc4)C(=O)C3)cc2c1. The molecular formula is C24H24N4O5S. The second-order valence-corrected chi connectivity index (χ2v) is 9.76. The van der Waals surface area contributed by atoms with Gasteiger partial charge in [0, 0.05) is 31.3 Å². The molecule has 10 heteroatoms. The number of hydrogen-bond acceptors (Lipinski definition) is 5. The Morgan fingerprint density at radius 2 is 1.71 bits per heavy atom. The zero-order chi connectivity index (χ0) is 24.5. The van der Waals surface area contributed by atoms with Crippen LogP contribution in [0.3, 0.4) is 0 Å². The van der Waals surface area contributed by atoms with E-state index in [1.165, 1.54) is 16.1 Å². The third-order valence-corrected chi connectivity index (χ3v) is 7.44. The van der Waals surface area contributed by atoms with Gasteiger partial charge in [-0.2, -0.15) is 9.30 Å². The minimum Gasteiger partial charge on any atom is -0.497 e. The topological polar surface area (TPSA) is 122 Å². The maximum Gasteiger partial charge on any atom is 0.244 e. The first-order valence-corrected chi connectivity index (χ1v) is 12.0. The highest BCUT2D eigenvalue weighted by molar-refractivity contribution is 7.89. The number of benzene rings is 3. The molecule has 0 atom stereocenters. The summed E-state index contributed by atoms with van der Waals surface area (Å²) in [5, 5.41) is 1.62. The molecule has 0 unspecified atom stereocenters. The Labute approximate surface area is 197 Å². The molecule has 0 aromatic heterocycles. The van der Waals surface area contributed by atoms with Crippen molar-refractivity contribution in [1.82, 2.24) is 4.31 Å². The van der Waals surface area contributed by atoms with Crippen LogP contribution in [0.4, 0.5) is 5.69 Å². The molecule has 2 N–H and O–H groups in total. The molecule has 2 amide bonds. The van der Waals surface area contributed by atoms with E-state index in [9.17, 15) is 18.0 Å². The van der Waals surface area contributed by atoms with E-state index in [4.69, 9.17) is 10.5 Å². The van der Waals surface area contributed by atoms with E-state index in [1.54, 1.807) is 55.6 Å². The highest BCUT2D eigenvalue weighted by atomic mass is 32.2. The van der Waals surface area contributed by atoms with Gasteiger partial charge in [-0.1, -0.05) is 12.1 Å². The number of nitrogens with two attached hydrogens (primary N) is 1. The Balaban J connectivity index is 1.52. The fourth-order valence-electron chi connectivity index (χ4n) is 3.82. The number of ether oxygens (including phenoxy) is 1. The molecule has 1 fully saturated rings. The van der Waals surface area contributed by atoms with Gasteiger partial charge < -0.3 is 15.4 Å². The van der Waals surface area contributed by atoms with Gasteiger partial charge in [0.05, 0.1) is 18.6 Å². The van der Waals surface area contributed by atoms with E-state index >= 15 is 0 Å². The number of rotatable bonds is 5. The summed E-state index contributed by atoms with van der Waals surface area (Å²) in [6.45, 7) is 1.39. The predicted molar refractivity (Wildman–Crippen MR) is 129 cm³/mol. The van der Waals surface area contributed by atoms with E-state index in [0.29, 0.717) is 17.0 Å². The number of anilines is 1. The van der Waals surface area contributed by atoms with Crippen LogP contribution in [0.2, 0.25) is 0 Å². The molecule has 34 heavy (non-hydrogen) atoms. The summed E-state index contributed by atoms with van der Waals surface area (Å²) in [7, 11) is -2.31. The van der Waals surface area contributed by atoms with Gasteiger partial charge in [0.1, 0.15) is 11.6 Å². The number of methoxy groups -OCH3 is 1. The van der Waals surface area contributed by atoms with Crippen molar-refractivity contribution in [2.45, 2.75) is 11.8 Å². The zero-order valence-electron chi connectivity index (χ0n) is 18.8. The average molecular weight is 481 g/mol. The maximum atomic E-state index is 13.3. The number of amides is 2. The molecular weight excluding hydrogens is 456 g/mol. The number of amidine groups is 1.